The lowest BCUT2D eigenvalue weighted by Gasteiger charge is -2.08. The molecule has 1 unspecified atom stereocenters. The van der Waals surface area contributed by atoms with Gasteiger partial charge in [0, 0.05) is 11.9 Å². The zero-order valence-electron chi connectivity index (χ0n) is 10.9. The van der Waals surface area contributed by atoms with E-state index in [2.05, 4.69) is 24.6 Å². The third kappa shape index (κ3) is 3.22. The number of aliphatic imine (C=N–C) groups is 1. The molecule has 0 saturated carbocycles. The highest BCUT2D eigenvalue weighted by atomic mass is 32.2. The minimum absolute atomic E-state index is 0.223. The monoisotopic (exact) mass is 260 g/mol. The predicted octanol–water partition coefficient (Wildman–Crippen LogP) is 4.49. The first kappa shape index (κ1) is 13.3. The summed E-state index contributed by atoms with van der Waals surface area (Å²) in [6.45, 7) is 6.08. The molecule has 3 heteroatoms. The number of aromatic nitrogens is 1. The van der Waals surface area contributed by atoms with Crippen molar-refractivity contribution in [3.05, 3.63) is 36.2 Å². The Hall–Kier alpha value is -1.09. The van der Waals surface area contributed by atoms with Crippen molar-refractivity contribution in [1.29, 1.82) is 0 Å². The van der Waals surface area contributed by atoms with Gasteiger partial charge in [0.1, 0.15) is 6.04 Å². The van der Waals surface area contributed by atoms with E-state index in [4.69, 9.17) is 4.99 Å². The Kier molecular flexibility index (Phi) is 5.00. The summed E-state index contributed by atoms with van der Waals surface area (Å²) < 4.78 is 0. The van der Waals surface area contributed by atoms with Crippen LogP contribution < -0.4 is 0 Å². The van der Waals surface area contributed by atoms with E-state index in [1.807, 2.05) is 30.1 Å². The van der Waals surface area contributed by atoms with Crippen LogP contribution >= 0.6 is 11.8 Å². The van der Waals surface area contributed by atoms with Crippen LogP contribution in [0.1, 0.15) is 49.9 Å². The van der Waals surface area contributed by atoms with Gasteiger partial charge in [0.15, 0.2) is 0 Å². The van der Waals surface area contributed by atoms with Gasteiger partial charge in [-0.25, -0.2) is 0 Å². The van der Waals surface area contributed by atoms with Crippen molar-refractivity contribution < 1.29 is 0 Å². The van der Waals surface area contributed by atoms with Crippen molar-refractivity contribution in [3.63, 3.8) is 0 Å². The Morgan fingerprint density at radius 3 is 3.17 bits per heavy atom. The molecule has 0 aliphatic carbocycles. The van der Waals surface area contributed by atoms with Gasteiger partial charge in [0.2, 0.25) is 0 Å². The average Bonchev–Trinajstić information content (AvgIpc) is 2.88. The lowest BCUT2D eigenvalue weighted by atomic mass is 10.1. The number of hydrogen-bond acceptors (Lipinski definition) is 3. The molecule has 2 rings (SSSR count). The molecule has 1 atom stereocenters. The molecule has 0 radical (unpaired) electrons. The molecule has 0 N–H and O–H groups in total. The number of rotatable bonds is 6. The fraction of sp³-hybridized carbons (Fsp3) is 0.467. The highest BCUT2D eigenvalue weighted by molar-refractivity contribution is 8.14. The molecular weight excluding hydrogens is 240 g/mol. The molecule has 0 amide bonds. The Balaban J connectivity index is 2.04. The van der Waals surface area contributed by atoms with Gasteiger partial charge in [-0.3, -0.25) is 9.98 Å². The third-order valence-electron chi connectivity index (χ3n) is 3.11. The second-order valence-electron chi connectivity index (χ2n) is 4.49. The second kappa shape index (κ2) is 6.74. The summed E-state index contributed by atoms with van der Waals surface area (Å²) in [5.74, 6) is 1.03. The van der Waals surface area contributed by atoms with Crippen molar-refractivity contribution in [2.24, 2.45) is 4.99 Å². The normalized spacial score (nSPS) is 18.7. The van der Waals surface area contributed by atoms with Crippen LogP contribution in [0.3, 0.4) is 0 Å². The van der Waals surface area contributed by atoms with Crippen molar-refractivity contribution in [3.8, 4) is 0 Å². The van der Waals surface area contributed by atoms with Crippen molar-refractivity contribution in [2.75, 3.05) is 5.75 Å². The van der Waals surface area contributed by atoms with E-state index in [-0.39, 0.29) is 6.04 Å². The van der Waals surface area contributed by atoms with Crippen LogP contribution in [0.5, 0.6) is 0 Å². The molecule has 2 heterocycles. The van der Waals surface area contributed by atoms with Gasteiger partial charge in [0.05, 0.1) is 10.7 Å². The smallest absolute Gasteiger partial charge is 0.103 e. The van der Waals surface area contributed by atoms with Gasteiger partial charge in [-0.05, 0) is 24.5 Å². The molecule has 96 valence electrons. The van der Waals surface area contributed by atoms with E-state index < -0.39 is 0 Å². The summed E-state index contributed by atoms with van der Waals surface area (Å²) in [7, 11) is 0. The van der Waals surface area contributed by atoms with Crippen LogP contribution in [0.2, 0.25) is 0 Å². The van der Waals surface area contributed by atoms with E-state index in [9.17, 15) is 0 Å². The SMILES string of the molecule is C=Cc1cccnc1C1CSC(CCCCC)=N1. The second-order valence-corrected chi connectivity index (χ2v) is 5.58. The Labute approximate surface area is 114 Å². The van der Waals surface area contributed by atoms with Crippen molar-refractivity contribution >= 4 is 22.9 Å². The summed E-state index contributed by atoms with van der Waals surface area (Å²) in [6.07, 6.45) is 8.67. The van der Waals surface area contributed by atoms with E-state index in [1.165, 1.54) is 24.3 Å². The van der Waals surface area contributed by atoms with Gasteiger partial charge in [-0.2, -0.15) is 0 Å². The van der Waals surface area contributed by atoms with Gasteiger partial charge < -0.3 is 0 Å². The number of thioether (sulfide) groups is 1. The van der Waals surface area contributed by atoms with Crippen LogP contribution in [0, 0.1) is 0 Å². The highest BCUT2D eigenvalue weighted by Gasteiger charge is 2.22. The first-order valence-electron chi connectivity index (χ1n) is 6.62. The summed E-state index contributed by atoms with van der Waals surface area (Å²) in [6, 6.07) is 4.24. The van der Waals surface area contributed by atoms with E-state index >= 15 is 0 Å². The summed E-state index contributed by atoms with van der Waals surface area (Å²) in [5, 5.41) is 1.30. The molecule has 2 nitrogen and oxygen atoms in total. The number of nitrogens with zero attached hydrogens (tertiary/aromatic N) is 2. The molecule has 1 aromatic rings. The van der Waals surface area contributed by atoms with Gasteiger partial charge in [-0.1, -0.05) is 38.5 Å². The lowest BCUT2D eigenvalue weighted by Crippen LogP contribution is -2.00. The number of pyridine rings is 1. The van der Waals surface area contributed by atoms with E-state index in [0.29, 0.717) is 0 Å². The summed E-state index contributed by atoms with van der Waals surface area (Å²) in [5.41, 5.74) is 2.19. The largest absolute Gasteiger partial charge is 0.272 e. The van der Waals surface area contributed by atoms with Crippen LogP contribution in [0.15, 0.2) is 29.9 Å². The first-order chi connectivity index (χ1) is 8.85. The topological polar surface area (TPSA) is 25.2 Å². The van der Waals surface area contributed by atoms with Crippen molar-refractivity contribution in [2.45, 2.75) is 38.6 Å². The highest BCUT2D eigenvalue weighted by Crippen LogP contribution is 2.32. The average molecular weight is 260 g/mol. The summed E-state index contributed by atoms with van der Waals surface area (Å²) >= 11 is 1.89. The zero-order chi connectivity index (χ0) is 12.8. The zero-order valence-corrected chi connectivity index (χ0v) is 11.7. The first-order valence-corrected chi connectivity index (χ1v) is 7.60. The van der Waals surface area contributed by atoms with Crippen LogP contribution in [0.25, 0.3) is 6.08 Å². The molecule has 0 saturated heterocycles. The Morgan fingerprint density at radius 1 is 1.50 bits per heavy atom. The number of unbranched alkanes of at least 4 members (excludes halogenated alkanes) is 2. The van der Waals surface area contributed by atoms with Gasteiger partial charge >= 0.3 is 0 Å². The molecule has 0 bridgehead atoms. The Bertz CT molecular complexity index is 440. The third-order valence-corrected chi connectivity index (χ3v) is 4.23. The molecule has 1 aliphatic rings. The maximum absolute atomic E-state index is 4.81. The lowest BCUT2D eigenvalue weighted by molar-refractivity contribution is 0.739. The minimum Gasteiger partial charge on any atom is -0.272 e. The maximum Gasteiger partial charge on any atom is 0.103 e. The molecule has 0 spiro atoms. The van der Waals surface area contributed by atoms with Gasteiger partial charge in [-0.15, -0.1) is 11.8 Å². The van der Waals surface area contributed by atoms with Crippen LogP contribution in [-0.4, -0.2) is 15.8 Å². The molecule has 1 aliphatic heterocycles. The summed E-state index contributed by atoms with van der Waals surface area (Å²) in [4.78, 5) is 9.28. The maximum atomic E-state index is 4.81. The fourth-order valence-corrected chi connectivity index (χ4v) is 3.18. The van der Waals surface area contributed by atoms with Crippen LogP contribution in [-0.2, 0) is 0 Å². The quantitative estimate of drug-likeness (QED) is 0.704. The molecule has 1 aromatic heterocycles. The van der Waals surface area contributed by atoms with Gasteiger partial charge in [0.25, 0.3) is 0 Å². The fourth-order valence-electron chi connectivity index (χ4n) is 2.11. The molecule has 0 aromatic carbocycles. The molecular formula is C15H20N2S. The Morgan fingerprint density at radius 2 is 2.39 bits per heavy atom. The number of hydrogen-bond donors (Lipinski definition) is 0. The predicted molar refractivity (Wildman–Crippen MR) is 81.1 cm³/mol. The minimum atomic E-state index is 0.223. The standard InChI is InChI=1S/C15H20N2S/c1-3-5-6-9-14-17-13(11-18-14)15-12(4-2)8-7-10-16-15/h4,7-8,10,13H,2-3,5-6,9,11H2,1H3. The molecule has 0 fully saturated rings. The van der Waals surface area contributed by atoms with E-state index in [0.717, 1.165) is 23.4 Å². The van der Waals surface area contributed by atoms with Crippen molar-refractivity contribution in [1.82, 2.24) is 4.98 Å². The molecule has 18 heavy (non-hydrogen) atoms. The van der Waals surface area contributed by atoms with Crippen LogP contribution in [0.4, 0.5) is 0 Å². The van der Waals surface area contributed by atoms with E-state index in [1.54, 1.807) is 0 Å².